The van der Waals surface area contributed by atoms with Gasteiger partial charge in [0.1, 0.15) is 5.69 Å². The summed E-state index contributed by atoms with van der Waals surface area (Å²) in [6.45, 7) is 4.25. The second-order valence-corrected chi connectivity index (χ2v) is 2.93. The van der Waals surface area contributed by atoms with Crippen LogP contribution in [-0.4, -0.2) is 28.5 Å². The lowest BCUT2D eigenvalue weighted by Crippen LogP contribution is -2.18. The highest BCUT2D eigenvalue weighted by Gasteiger charge is 2.16. The van der Waals surface area contributed by atoms with Gasteiger partial charge in [0.15, 0.2) is 5.82 Å². The van der Waals surface area contributed by atoms with Crippen LogP contribution in [0.1, 0.15) is 18.5 Å². The van der Waals surface area contributed by atoms with Gasteiger partial charge in [-0.25, -0.2) is 0 Å². The largest absolute Gasteiger partial charge is 0.354 e. The van der Waals surface area contributed by atoms with E-state index in [2.05, 4.69) is 20.3 Å². The minimum Gasteiger partial charge on any atom is -0.354 e. The Morgan fingerprint density at radius 1 is 1.27 bits per heavy atom. The Bertz CT molecular complexity index is 236. The van der Waals surface area contributed by atoms with E-state index in [1.54, 1.807) is 0 Å². The maximum atomic E-state index is 4.09. The van der Waals surface area contributed by atoms with Gasteiger partial charge in [-0.3, -0.25) is 0 Å². The van der Waals surface area contributed by atoms with Crippen LogP contribution < -0.4 is 4.90 Å². The van der Waals surface area contributed by atoms with Crippen molar-refractivity contribution in [2.45, 2.75) is 19.8 Å². The number of hydrogen-bond donors (Lipinski definition) is 1. The number of nitrogens with zero attached hydrogens (tertiary/aromatic N) is 3. The normalized spacial score (nSPS) is 17.7. The number of H-pyrrole nitrogens is 1. The third-order valence-corrected chi connectivity index (χ3v) is 2.10. The molecule has 0 amide bonds. The van der Waals surface area contributed by atoms with Gasteiger partial charge >= 0.3 is 0 Å². The van der Waals surface area contributed by atoms with E-state index >= 15 is 0 Å². The summed E-state index contributed by atoms with van der Waals surface area (Å²) < 4.78 is 0. The lowest BCUT2D eigenvalue weighted by molar-refractivity contribution is 0.895. The summed E-state index contributed by atoms with van der Waals surface area (Å²) in [5.41, 5.74) is 1.01. The van der Waals surface area contributed by atoms with Crippen molar-refractivity contribution in [3.8, 4) is 0 Å². The molecule has 0 aliphatic carbocycles. The topological polar surface area (TPSA) is 44.8 Å². The lowest BCUT2D eigenvalue weighted by atomic mass is 10.4. The zero-order valence-corrected chi connectivity index (χ0v) is 6.67. The van der Waals surface area contributed by atoms with Gasteiger partial charge in [-0.15, -0.1) is 5.10 Å². The van der Waals surface area contributed by atoms with Gasteiger partial charge in [0.05, 0.1) is 0 Å². The molecule has 2 heterocycles. The number of aromatic amines is 1. The van der Waals surface area contributed by atoms with Gasteiger partial charge in [-0.1, -0.05) is 0 Å². The highest BCUT2D eigenvalue weighted by molar-refractivity contribution is 5.42. The molecule has 1 aliphatic heterocycles. The fraction of sp³-hybridized carbons (Fsp3) is 0.714. The molecule has 1 fully saturated rings. The van der Waals surface area contributed by atoms with Crippen molar-refractivity contribution in [2.24, 2.45) is 0 Å². The summed E-state index contributed by atoms with van der Waals surface area (Å²) in [5, 5.41) is 10.7. The Morgan fingerprint density at radius 3 is 2.55 bits per heavy atom. The second-order valence-electron chi connectivity index (χ2n) is 2.93. The van der Waals surface area contributed by atoms with E-state index in [-0.39, 0.29) is 0 Å². The van der Waals surface area contributed by atoms with Crippen LogP contribution in [0.3, 0.4) is 0 Å². The fourth-order valence-electron chi connectivity index (χ4n) is 1.51. The zero-order chi connectivity index (χ0) is 7.68. The second kappa shape index (κ2) is 2.53. The van der Waals surface area contributed by atoms with E-state index in [4.69, 9.17) is 0 Å². The third-order valence-electron chi connectivity index (χ3n) is 2.10. The Labute approximate surface area is 65.6 Å². The summed E-state index contributed by atoms with van der Waals surface area (Å²) in [6, 6.07) is 0. The molecule has 2 rings (SSSR count). The van der Waals surface area contributed by atoms with E-state index in [0.29, 0.717) is 0 Å². The minimum absolute atomic E-state index is 1.01. The first-order chi connectivity index (χ1) is 5.38. The van der Waals surface area contributed by atoms with Gasteiger partial charge in [0, 0.05) is 13.1 Å². The van der Waals surface area contributed by atoms with Crippen molar-refractivity contribution >= 4 is 5.82 Å². The predicted octanol–water partition coefficient (Wildman–Crippen LogP) is 0.713. The molecule has 1 aromatic rings. The number of rotatable bonds is 1. The minimum atomic E-state index is 1.01. The monoisotopic (exact) mass is 152 g/mol. The highest BCUT2D eigenvalue weighted by Crippen LogP contribution is 2.18. The molecule has 4 nitrogen and oxygen atoms in total. The van der Waals surface area contributed by atoms with Crippen molar-refractivity contribution in [2.75, 3.05) is 18.0 Å². The van der Waals surface area contributed by atoms with Crippen molar-refractivity contribution in [3.63, 3.8) is 0 Å². The average Bonchev–Trinajstić information content (AvgIpc) is 2.55. The maximum Gasteiger partial charge on any atom is 0.173 e. The first-order valence-electron chi connectivity index (χ1n) is 4.00. The van der Waals surface area contributed by atoms with Crippen molar-refractivity contribution in [1.29, 1.82) is 0 Å². The zero-order valence-electron chi connectivity index (χ0n) is 6.67. The van der Waals surface area contributed by atoms with Crippen LogP contribution in [0.15, 0.2) is 0 Å². The van der Waals surface area contributed by atoms with Gasteiger partial charge in [0.25, 0.3) is 0 Å². The summed E-state index contributed by atoms with van der Waals surface area (Å²) in [6.07, 6.45) is 2.57. The number of aromatic nitrogens is 3. The Morgan fingerprint density at radius 2 is 2.00 bits per heavy atom. The van der Waals surface area contributed by atoms with Gasteiger partial charge < -0.3 is 4.90 Å². The molecule has 4 heteroatoms. The third kappa shape index (κ3) is 1.08. The van der Waals surface area contributed by atoms with Crippen LogP contribution in [0.2, 0.25) is 0 Å². The van der Waals surface area contributed by atoms with Gasteiger partial charge in [0.2, 0.25) is 0 Å². The van der Waals surface area contributed by atoms with Crippen LogP contribution in [0.4, 0.5) is 5.82 Å². The van der Waals surface area contributed by atoms with Crippen molar-refractivity contribution < 1.29 is 0 Å². The SMILES string of the molecule is Cc1n[nH]nc1N1CCCC1. The Kier molecular flexibility index (Phi) is 1.52. The fourth-order valence-corrected chi connectivity index (χ4v) is 1.51. The molecular formula is C7H12N4. The molecule has 0 atom stereocenters. The smallest absolute Gasteiger partial charge is 0.173 e. The first kappa shape index (κ1) is 6.64. The molecule has 0 radical (unpaired) electrons. The summed E-state index contributed by atoms with van der Waals surface area (Å²) in [5.74, 6) is 1.03. The van der Waals surface area contributed by atoms with Crippen LogP contribution in [0.25, 0.3) is 0 Å². The molecule has 1 aliphatic rings. The first-order valence-corrected chi connectivity index (χ1v) is 4.00. The molecule has 1 N–H and O–H groups in total. The molecule has 1 aromatic heterocycles. The van der Waals surface area contributed by atoms with Crippen LogP contribution >= 0.6 is 0 Å². The molecule has 11 heavy (non-hydrogen) atoms. The van der Waals surface area contributed by atoms with Crippen LogP contribution in [0.5, 0.6) is 0 Å². The molecule has 0 unspecified atom stereocenters. The van der Waals surface area contributed by atoms with E-state index in [1.165, 1.54) is 12.8 Å². The quantitative estimate of drug-likeness (QED) is 0.644. The Hall–Kier alpha value is -1.06. The van der Waals surface area contributed by atoms with Crippen molar-refractivity contribution in [1.82, 2.24) is 15.4 Å². The lowest BCUT2D eigenvalue weighted by Gasteiger charge is -2.13. The van der Waals surface area contributed by atoms with Crippen LogP contribution in [0, 0.1) is 6.92 Å². The van der Waals surface area contributed by atoms with E-state index in [9.17, 15) is 0 Å². The standard InChI is InChI=1S/C7H12N4/c1-6-7(9-10-8-6)11-4-2-3-5-11/h2-5H2,1H3,(H,8,9,10). The Balaban J connectivity index is 2.21. The molecular weight excluding hydrogens is 140 g/mol. The van der Waals surface area contributed by atoms with Gasteiger partial charge in [-0.2, -0.15) is 10.3 Å². The molecule has 60 valence electrons. The van der Waals surface area contributed by atoms with Crippen molar-refractivity contribution in [3.05, 3.63) is 5.69 Å². The number of hydrogen-bond acceptors (Lipinski definition) is 3. The maximum absolute atomic E-state index is 4.09. The summed E-state index contributed by atoms with van der Waals surface area (Å²) in [7, 11) is 0. The molecule has 1 saturated heterocycles. The van der Waals surface area contributed by atoms with Gasteiger partial charge in [-0.05, 0) is 19.8 Å². The number of aryl methyl sites for hydroxylation is 1. The number of nitrogens with one attached hydrogen (secondary N) is 1. The summed E-state index contributed by atoms with van der Waals surface area (Å²) >= 11 is 0. The van der Waals surface area contributed by atoms with E-state index < -0.39 is 0 Å². The molecule has 0 bridgehead atoms. The summed E-state index contributed by atoms with van der Waals surface area (Å²) in [4.78, 5) is 2.28. The van der Waals surface area contributed by atoms with E-state index in [0.717, 1.165) is 24.6 Å². The average molecular weight is 152 g/mol. The molecule has 0 aromatic carbocycles. The highest BCUT2D eigenvalue weighted by atomic mass is 15.4. The number of anilines is 1. The van der Waals surface area contributed by atoms with Crippen LogP contribution in [-0.2, 0) is 0 Å². The molecule has 0 saturated carbocycles. The van der Waals surface area contributed by atoms with E-state index in [1.807, 2.05) is 6.92 Å². The molecule has 0 spiro atoms. The predicted molar refractivity (Wildman–Crippen MR) is 42.6 cm³/mol.